The van der Waals surface area contributed by atoms with Crippen molar-refractivity contribution in [2.45, 2.75) is 17.7 Å². The lowest BCUT2D eigenvalue weighted by molar-refractivity contribution is -0.386. The van der Waals surface area contributed by atoms with Gasteiger partial charge in [0.2, 0.25) is 10.0 Å². The molecule has 0 spiro atoms. The fourth-order valence-corrected chi connectivity index (χ4v) is 4.59. The molecule has 1 saturated heterocycles. The molecule has 14 heteroatoms. The van der Waals surface area contributed by atoms with Crippen LogP contribution in [0.1, 0.15) is 12.8 Å². The number of ether oxygens (including phenoxy) is 1. The quantitative estimate of drug-likeness (QED) is 0.456. The van der Waals surface area contributed by atoms with Crippen LogP contribution in [0, 0.1) is 26.0 Å². The highest BCUT2D eigenvalue weighted by Crippen LogP contribution is 2.32. The van der Waals surface area contributed by atoms with E-state index in [4.69, 9.17) is 4.74 Å². The molecule has 0 saturated carbocycles. The molecule has 170 valence electrons. The van der Waals surface area contributed by atoms with E-state index in [0.717, 1.165) is 36.4 Å². The second kappa shape index (κ2) is 9.23. The molecule has 0 aromatic heterocycles. The molecule has 1 fully saturated rings. The molecular formula is C18H17FN4O8S. The van der Waals surface area contributed by atoms with E-state index in [0.29, 0.717) is 25.9 Å². The zero-order chi connectivity index (χ0) is 23.5. The van der Waals surface area contributed by atoms with E-state index >= 15 is 0 Å². The Hall–Kier alpha value is -3.65. The van der Waals surface area contributed by atoms with Gasteiger partial charge in [-0.1, -0.05) is 0 Å². The predicted octanol–water partition coefficient (Wildman–Crippen LogP) is 2.44. The van der Waals surface area contributed by atoms with Crippen molar-refractivity contribution in [3.8, 4) is 5.75 Å². The van der Waals surface area contributed by atoms with Crippen molar-refractivity contribution in [2.24, 2.45) is 0 Å². The first-order valence-corrected chi connectivity index (χ1v) is 10.7. The number of sulfonamides is 1. The number of non-ortho nitro benzene ring substituents is 1. The summed E-state index contributed by atoms with van der Waals surface area (Å²) in [5.74, 6) is -2.23. The molecule has 1 amide bonds. The number of carbonyl (C=O) groups is 1. The van der Waals surface area contributed by atoms with E-state index in [2.05, 4.69) is 5.32 Å². The van der Waals surface area contributed by atoms with E-state index in [1.807, 2.05) is 0 Å². The standard InChI is InChI=1S/C18H17FN4O8S/c19-14-5-3-12(22(25)26)9-15(14)20-18(24)11-31-17-6-4-13(10-16(17)23(27)28)32(29,30)21-7-1-2-8-21/h3-6,9-10H,1-2,7-8,11H2,(H,20,24). The van der Waals surface area contributed by atoms with Crippen LogP contribution < -0.4 is 10.1 Å². The number of benzene rings is 2. The van der Waals surface area contributed by atoms with Gasteiger partial charge < -0.3 is 10.1 Å². The minimum atomic E-state index is -3.90. The number of nitro benzene ring substituents is 2. The zero-order valence-corrected chi connectivity index (χ0v) is 17.2. The van der Waals surface area contributed by atoms with Crippen molar-refractivity contribution in [3.05, 3.63) is 62.4 Å². The van der Waals surface area contributed by atoms with Crippen LogP contribution in [0.3, 0.4) is 0 Å². The number of nitro groups is 2. The molecular weight excluding hydrogens is 451 g/mol. The molecule has 0 radical (unpaired) electrons. The van der Waals surface area contributed by atoms with E-state index < -0.39 is 55.3 Å². The summed E-state index contributed by atoms with van der Waals surface area (Å²) in [5, 5.41) is 24.3. The fraction of sp³-hybridized carbons (Fsp3) is 0.278. The Kier molecular flexibility index (Phi) is 6.64. The van der Waals surface area contributed by atoms with Crippen LogP contribution >= 0.6 is 0 Å². The summed E-state index contributed by atoms with van der Waals surface area (Å²) in [6.45, 7) is -0.146. The molecule has 3 rings (SSSR count). The molecule has 0 unspecified atom stereocenters. The van der Waals surface area contributed by atoms with Gasteiger partial charge in [-0.3, -0.25) is 25.0 Å². The maximum atomic E-state index is 13.8. The number of hydrogen-bond donors (Lipinski definition) is 1. The van der Waals surface area contributed by atoms with Crippen LogP contribution in [0.5, 0.6) is 5.75 Å². The van der Waals surface area contributed by atoms with Gasteiger partial charge in [-0.05, 0) is 31.0 Å². The van der Waals surface area contributed by atoms with Gasteiger partial charge >= 0.3 is 5.69 Å². The van der Waals surface area contributed by atoms with Crippen LogP contribution in [-0.4, -0.2) is 48.2 Å². The van der Waals surface area contributed by atoms with Crippen LogP contribution in [0.2, 0.25) is 0 Å². The Morgan fingerprint density at radius 2 is 1.78 bits per heavy atom. The number of nitrogens with one attached hydrogen (secondary N) is 1. The van der Waals surface area contributed by atoms with Crippen molar-refractivity contribution in [1.29, 1.82) is 0 Å². The average Bonchev–Trinajstić information content (AvgIpc) is 3.29. The lowest BCUT2D eigenvalue weighted by Gasteiger charge is -2.16. The Balaban J connectivity index is 1.75. The molecule has 12 nitrogen and oxygen atoms in total. The fourth-order valence-electron chi connectivity index (χ4n) is 3.05. The minimum absolute atomic E-state index is 0.276. The summed E-state index contributed by atoms with van der Waals surface area (Å²) in [4.78, 5) is 32.3. The number of carbonyl (C=O) groups excluding carboxylic acids is 1. The SMILES string of the molecule is O=C(COc1ccc(S(=O)(=O)N2CCCC2)cc1[N+](=O)[O-])Nc1cc([N+](=O)[O-])ccc1F. The van der Waals surface area contributed by atoms with E-state index in [1.54, 1.807) is 0 Å². The number of nitrogens with zero attached hydrogens (tertiary/aromatic N) is 3. The Morgan fingerprint density at radius 1 is 1.09 bits per heavy atom. The topological polar surface area (TPSA) is 162 Å². The summed E-state index contributed by atoms with van der Waals surface area (Å²) in [6.07, 6.45) is 1.39. The van der Waals surface area contributed by atoms with Crippen LogP contribution in [0.4, 0.5) is 21.5 Å². The molecule has 1 aliphatic heterocycles. The molecule has 0 aliphatic carbocycles. The minimum Gasteiger partial charge on any atom is -0.477 e. The maximum Gasteiger partial charge on any atom is 0.312 e. The Bertz CT molecular complexity index is 1180. The lowest BCUT2D eigenvalue weighted by atomic mass is 10.2. The van der Waals surface area contributed by atoms with E-state index in [1.165, 1.54) is 4.31 Å². The maximum absolute atomic E-state index is 13.8. The zero-order valence-electron chi connectivity index (χ0n) is 16.4. The molecule has 1 N–H and O–H groups in total. The largest absolute Gasteiger partial charge is 0.477 e. The third-order valence-corrected chi connectivity index (χ3v) is 6.52. The van der Waals surface area contributed by atoms with Gasteiger partial charge in [-0.2, -0.15) is 4.31 Å². The van der Waals surface area contributed by atoms with Crippen molar-refractivity contribution in [1.82, 2.24) is 4.31 Å². The van der Waals surface area contributed by atoms with Crippen molar-refractivity contribution in [3.63, 3.8) is 0 Å². The van der Waals surface area contributed by atoms with Gasteiger partial charge in [0.1, 0.15) is 5.82 Å². The number of anilines is 1. The van der Waals surface area contributed by atoms with Gasteiger partial charge in [0.05, 0.1) is 20.4 Å². The third kappa shape index (κ3) is 4.97. The lowest BCUT2D eigenvalue weighted by Crippen LogP contribution is -2.28. The Morgan fingerprint density at radius 3 is 2.41 bits per heavy atom. The molecule has 32 heavy (non-hydrogen) atoms. The molecule has 2 aromatic rings. The highest BCUT2D eigenvalue weighted by molar-refractivity contribution is 7.89. The first-order chi connectivity index (χ1) is 15.1. The summed E-state index contributed by atoms with van der Waals surface area (Å²) < 4.78 is 45.4. The summed E-state index contributed by atoms with van der Waals surface area (Å²) >= 11 is 0. The second-order valence-electron chi connectivity index (χ2n) is 6.76. The van der Waals surface area contributed by atoms with Crippen molar-refractivity contribution in [2.75, 3.05) is 25.0 Å². The van der Waals surface area contributed by atoms with Gasteiger partial charge in [-0.25, -0.2) is 12.8 Å². The predicted molar refractivity (Wildman–Crippen MR) is 108 cm³/mol. The first kappa shape index (κ1) is 23.0. The van der Waals surface area contributed by atoms with Gasteiger partial charge in [-0.15, -0.1) is 0 Å². The summed E-state index contributed by atoms with van der Waals surface area (Å²) in [6, 6.07) is 5.58. The smallest absolute Gasteiger partial charge is 0.312 e. The van der Waals surface area contributed by atoms with E-state index in [9.17, 15) is 37.8 Å². The number of amides is 1. The van der Waals surface area contributed by atoms with Crippen LogP contribution in [0.15, 0.2) is 41.3 Å². The number of rotatable bonds is 8. The summed E-state index contributed by atoms with van der Waals surface area (Å²) in [7, 11) is -3.90. The van der Waals surface area contributed by atoms with Crippen LogP contribution in [0.25, 0.3) is 0 Å². The number of halogens is 1. The van der Waals surface area contributed by atoms with Gasteiger partial charge in [0.15, 0.2) is 12.4 Å². The van der Waals surface area contributed by atoms with E-state index in [-0.39, 0.29) is 10.6 Å². The molecule has 1 aliphatic rings. The number of hydrogen-bond acceptors (Lipinski definition) is 8. The monoisotopic (exact) mass is 468 g/mol. The molecule has 0 atom stereocenters. The molecule has 2 aromatic carbocycles. The molecule has 1 heterocycles. The van der Waals surface area contributed by atoms with Crippen molar-refractivity contribution < 1.29 is 32.2 Å². The van der Waals surface area contributed by atoms with Gasteiger partial charge in [0, 0.05) is 31.3 Å². The summed E-state index contributed by atoms with van der Waals surface area (Å²) in [5.41, 5.74) is -1.58. The highest BCUT2D eigenvalue weighted by atomic mass is 32.2. The normalized spacial score (nSPS) is 14.2. The average molecular weight is 468 g/mol. The Labute approximate surface area is 180 Å². The van der Waals surface area contributed by atoms with Crippen molar-refractivity contribution >= 4 is 33.0 Å². The highest BCUT2D eigenvalue weighted by Gasteiger charge is 2.30. The second-order valence-corrected chi connectivity index (χ2v) is 8.69. The van der Waals surface area contributed by atoms with Gasteiger partial charge in [0.25, 0.3) is 11.6 Å². The molecule has 0 bridgehead atoms. The van der Waals surface area contributed by atoms with Crippen LogP contribution in [-0.2, 0) is 14.8 Å². The third-order valence-electron chi connectivity index (χ3n) is 4.62. The first-order valence-electron chi connectivity index (χ1n) is 9.25.